The molecule has 0 unspecified atom stereocenters. The van der Waals surface area contributed by atoms with Crippen LogP contribution in [0.2, 0.25) is 0 Å². The molecule has 0 aliphatic rings. The number of hydrogen-bond donors (Lipinski definition) is 0. The van der Waals surface area contributed by atoms with Crippen molar-refractivity contribution in [1.82, 2.24) is 14.5 Å². The summed E-state index contributed by atoms with van der Waals surface area (Å²) in [6.07, 6.45) is 3.49. The minimum absolute atomic E-state index is 0.0785. The summed E-state index contributed by atoms with van der Waals surface area (Å²) >= 11 is 0. The fourth-order valence-electron chi connectivity index (χ4n) is 1.48. The van der Waals surface area contributed by atoms with Gasteiger partial charge in [-0.05, 0) is 13.8 Å². The lowest BCUT2D eigenvalue weighted by molar-refractivity contribution is 0.0700. The van der Waals surface area contributed by atoms with E-state index in [-0.39, 0.29) is 11.9 Å². The molecular formula is C11H16N4O. The maximum Gasteiger partial charge on any atom is 0.272 e. The number of imidazole rings is 1. The van der Waals surface area contributed by atoms with Gasteiger partial charge >= 0.3 is 0 Å². The van der Waals surface area contributed by atoms with Crippen molar-refractivity contribution in [1.29, 1.82) is 5.26 Å². The normalized spacial score (nSPS) is 10.2. The van der Waals surface area contributed by atoms with Crippen LogP contribution in [0.5, 0.6) is 0 Å². The van der Waals surface area contributed by atoms with E-state index < -0.39 is 0 Å². The second-order valence-corrected chi connectivity index (χ2v) is 3.89. The first-order chi connectivity index (χ1) is 7.57. The van der Waals surface area contributed by atoms with Gasteiger partial charge in [0.25, 0.3) is 5.91 Å². The fraction of sp³-hybridized carbons (Fsp3) is 0.545. The van der Waals surface area contributed by atoms with E-state index in [4.69, 9.17) is 5.26 Å². The number of rotatable bonds is 4. The van der Waals surface area contributed by atoms with Crippen LogP contribution < -0.4 is 0 Å². The van der Waals surface area contributed by atoms with E-state index in [1.807, 2.05) is 13.8 Å². The van der Waals surface area contributed by atoms with Crippen LogP contribution in [-0.2, 0) is 7.05 Å². The molecule has 86 valence electrons. The predicted molar refractivity (Wildman–Crippen MR) is 59.6 cm³/mol. The summed E-state index contributed by atoms with van der Waals surface area (Å²) in [7, 11) is 1.78. The minimum Gasteiger partial charge on any atom is -0.334 e. The van der Waals surface area contributed by atoms with Gasteiger partial charge in [0.05, 0.1) is 25.0 Å². The summed E-state index contributed by atoms with van der Waals surface area (Å²) < 4.78 is 1.68. The first-order valence-corrected chi connectivity index (χ1v) is 5.22. The lowest BCUT2D eigenvalue weighted by atomic mass is 10.2. The van der Waals surface area contributed by atoms with Crippen LogP contribution in [0.15, 0.2) is 12.5 Å². The molecule has 0 atom stereocenters. The maximum absolute atomic E-state index is 12.1. The van der Waals surface area contributed by atoms with Gasteiger partial charge in [0, 0.05) is 19.6 Å². The first kappa shape index (κ1) is 12.2. The van der Waals surface area contributed by atoms with Gasteiger partial charge in [0.15, 0.2) is 0 Å². The molecule has 1 heterocycles. The minimum atomic E-state index is -0.0785. The molecule has 0 spiro atoms. The van der Waals surface area contributed by atoms with Gasteiger partial charge in [0.2, 0.25) is 0 Å². The van der Waals surface area contributed by atoms with Crippen LogP contribution in [0.4, 0.5) is 0 Å². The van der Waals surface area contributed by atoms with Gasteiger partial charge in [-0.15, -0.1) is 0 Å². The zero-order valence-electron chi connectivity index (χ0n) is 9.84. The SMILES string of the molecule is CC(C)N(CCC#N)C(=O)c1cncn1C. The summed E-state index contributed by atoms with van der Waals surface area (Å²) in [6.45, 7) is 4.33. The Morgan fingerprint density at radius 2 is 2.38 bits per heavy atom. The highest BCUT2D eigenvalue weighted by molar-refractivity contribution is 5.92. The fourth-order valence-corrected chi connectivity index (χ4v) is 1.48. The molecule has 0 aliphatic carbocycles. The van der Waals surface area contributed by atoms with Crippen LogP contribution in [0, 0.1) is 11.3 Å². The summed E-state index contributed by atoms with van der Waals surface area (Å²) in [5.74, 6) is -0.0785. The van der Waals surface area contributed by atoms with Crippen molar-refractivity contribution in [3.05, 3.63) is 18.2 Å². The zero-order valence-corrected chi connectivity index (χ0v) is 9.84. The number of aryl methyl sites for hydroxylation is 1. The Balaban J connectivity index is 2.84. The highest BCUT2D eigenvalue weighted by Gasteiger charge is 2.20. The van der Waals surface area contributed by atoms with Crippen molar-refractivity contribution < 1.29 is 4.79 Å². The van der Waals surface area contributed by atoms with E-state index in [0.29, 0.717) is 18.7 Å². The van der Waals surface area contributed by atoms with Crippen LogP contribution in [0.1, 0.15) is 30.8 Å². The number of aromatic nitrogens is 2. The molecule has 5 heteroatoms. The lowest BCUT2D eigenvalue weighted by Crippen LogP contribution is -2.38. The Bertz CT molecular complexity index is 402. The van der Waals surface area contributed by atoms with Gasteiger partial charge in [-0.2, -0.15) is 5.26 Å². The molecule has 1 aromatic rings. The van der Waals surface area contributed by atoms with E-state index in [2.05, 4.69) is 11.1 Å². The highest BCUT2D eigenvalue weighted by atomic mass is 16.2. The van der Waals surface area contributed by atoms with E-state index >= 15 is 0 Å². The molecule has 0 saturated heterocycles. The number of nitriles is 1. The molecule has 16 heavy (non-hydrogen) atoms. The molecule has 1 aromatic heterocycles. The lowest BCUT2D eigenvalue weighted by Gasteiger charge is -2.25. The molecule has 0 N–H and O–H groups in total. The summed E-state index contributed by atoms with van der Waals surface area (Å²) in [6, 6.07) is 2.13. The van der Waals surface area contributed by atoms with Crippen LogP contribution in [-0.4, -0.2) is 32.9 Å². The van der Waals surface area contributed by atoms with Gasteiger partial charge in [-0.1, -0.05) is 0 Å². The topological polar surface area (TPSA) is 61.9 Å². The summed E-state index contributed by atoms with van der Waals surface area (Å²) in [5, 5.41) is 8.56. The molecule has 5 nitrogen and oxygen atoms in total. The highest BCUT2D eigenvalue weighted by Crippen LogP contribution is 2.08. The van der Waals surface area contributed by atoms with Crippen molar-refractivity contribution in [2.45, 2.75) is 26.3 Å². The Morgan fingerprint density at radius 1 is 1.69 bits per heavy atom. The average Bonchev–Trinajstić information content (AvgIpc) is 2.64. The van der Waals surface area contributed by atoms with Crippen molar-refractivity contribution in [3.8, 4) is 6.07 Å². The quantitative estimate of drug-likeness (QED) is 0.765. The van der Waals surface area contributed by atoms with Crippen LogP contribution in [0.25, 0.3) is 0 Å². The molecule has 1 amide bonds. The summed E-state index contributed by atoms with van der Waals surface area (Å²) in [5.41, 5.74) is 0.548. The van der Waals surface area contributed by atoms with Crippen LogP contribution in [0.3, 0.4) is 0 Å². The molecule has 0 fully saturated rings. The average molecular weight is 220 g/mol. The zero-order chi connectivity index (χ0) is 12.1. The number of carbonyl (C=O) groups is 1. The van der Waals surface area contributed by atoms with Crippen molar-refractivity contribution in [2.75, 3.05) is 6.54 Å². The molecule has 0 bridgehead atoms. The van der Waals surface area contributed by atoms with Gasteiger partial charge < -0.3 is 9.47 Å². The van der Waals surface area contributed by atoms with Crippen molar-refractivity contribution in [2.24, 2.45) is 7.05 Å². The largest absolute Gasteiger partial charge is 0.334 e. The van der Waals surface area contributed by atoms with Gasteiger partial charge in [-0.25, -0.2) is 4.98 Å². The smallest absolute Gasteiger partial charge is 0.272 e. The first-order valence-electron chi connectivity index (χ1n) is 5.22. The third-order valence-corrected chi connectivity index (χ3v) is 2.38. The molecule has 0 aromatic carbocycles. The number of carbonyl (C=O) groups excluding carboxylic acids is 1. The molecule has 0 radical (unpaired) electrons. The second kappa shape index (κ2) is 5.31. The third-order valence-electron chi connectivity index (χ3n) is 2.38. The van der Waals surface area contributed by atoms with E-state index in [1.54, 1.807) is 29.0 Å². The van der Waals surface area contributed by atoms with E-state index in [9.17, 15) is 4.79 Å². The molecular weight excluding hydrogens is 204 g/mol. The monoisotopic (exact) mass is 220 g/mol. The molecule has 1 rings (SSSR count). The van der Waals surface area contributed by atoms with E-state index in [0.717, 1.165) is 0 Å². The predicted octanol–water partition coefficient (Wildman–Crippen LogP) is 1.18. The van der Waals surface area contributed by atoms with Gasteiger partial charge in [-0.3, -0.25) is 4.79 Å². The third kappa shape index (κ3) is 2.60. The Kier molecular flexibility index (Phi) is 4.06. The number of nitrogens with zero attached hydrogens (tertiary/aromatic N) is 4. The standard InChI is InChI=1S/C11H16N4O/c1-9(2)15(6-4-5-12)11(16)10-7-13-8-14(10)3/h7-9H,4,6H2,1-3H3. The molecule has 0 saturated carbocycles. The van der Waals surface area contributed by atoms with Crippen LogP contribution >= 0.6 is 0 Å². The van der Waals surface area contributed by atoms with E-state index in [1.165, 1.54) is 0 Å². The second-order valence-electron chi connectivity index (χ2n) is 3.89. The summed E-state index contributed by atoms with van der Waals surface area (Å²) in [4.78, 5) is 17.7. The van der Waals surface area contributed by atoms with Gasteiger partial charge in [0.1, 0.15) is 5.69 Å². The maximum atomic E-state index is 12.1. The Morgan fingerprint density at radius 3 is 2.81 bits per heavy atom. The Labute approximate surface area is 95.3 Å². The molecule has 0 aliphatic heterocycles. The van der Waals surface area contributed by atoms with Crippen molar-refractivity contribution in [3.63, 3.8) is 0 Å². The Hall–Kier alpha value is -1.83. The van der Waals surface area contributed by atoms with Crippen molar-refractivity contribution >= 4 is 5.91 Å². The number of amides is 1. The number of hydrogen-bond acceptors (Lipinski definition) is 3.